The first-order chi connectivity index (χ1) is 17.3. The monoisotopic (exact) mass is 545 g/mol. The number of nitrogens with zero attached hydrogens (tertiary/aromatic N) is 2. The maximum Gasteiger partial charge on any atom is 1.00 e. The third-order valence-corrected chi connectivity index (χ3v) is 6.20. The van der Waals surface area contributed by atoms with Gasteiger partial charge in [-0.3, -0.25) is 9.59 Å². The van der Waals surface area contributed by atoms with E-state index >= 15 is 0 Å². The molecule has 0 radical (unpaired) electrons. The van der Waals surface area contributed by atoms with E-state index in [-0.39, 0.29) is 62.8 Å². The molecule has 10 heteroatoms. The molecule has 3 aromatic carbocycles. The Morgan fingerprint density at radius 3 is 2.05 bits per heavy atom. The molecule has 0 heterocycles. The minimum Gasteiger partial charge on any atom is -0.748 e. The molecule has 0 atom stereocenters. The van der Waals surface area contributed by atoms with Crippen LogP contribution in [0.5, 0.6) is 0 Å². The summed E-state index contributed by atoms with van der Waals surface area (Å²) in [7, 11) is -4.21. The first-order valence-electron chi connectivity index (χ1n) is 11.6. The standard InChI is InChI=1S/C27H29N3O5S.K/c1-2-30(19-9-10-20-36(33,34)35)24-17-15-23(16-18-24)28-25(26(31)21-11-5-3-6-12-21)27(32)29-22-13-7-4-8-14-22;/h3-8,11-18H,2,9-10,19-20H2,1H3,(H,29,32)(H,33,34,35);/q;+1/p-1. The molecular weight excluding hydrogens is 517 g/mol. The first kappa shape index (κ1) is 31.0. The Morgan fingerprint density at radius 2 is 1.49 bits per heavy atom. The van der Waals surface area contributed by atoms with Gasteiger partial charge in [-0.05, 0) is 56.2 Å². The predicted octanol–water partition coefficient (Wildman–Crippen LogP) is 1.44. The van der Waals surface area contributed by atoms with Crippen LogP contribution < -0.4 is 61.6 Å². The van der Waals surface area contributed by atoms with Crippen LogP contribution in [0.4, 0.5) is 17.1 Å². The van der Waals surface area contributed by atoms with Gasteiger partial charge in [-0.25, -0.2) is 13.4 Å². The number of ketones is 1. The number of nitrogens with one attached hydrogen (secondary N) is 1. The zero-order valence-corrected chi connectivity index (χ0v) is 24.9. The molecule has 0 aromatic heterocycles. The van der Waals surface area contributed by atoms with Crippen molar-refractivity contribution in [1.29, 1.82) is 0 Å². The van der Waals surface area contributed by atoms with Crippen molar-refractivity contribution in [3.63, 3.8) is 0 Å². The molecule has 8 nitrogen and oxygen atoms in total. The predicted molar refractivity (Wildman–Crippen MR) is 141 cm³/mol. The number of benzene rings is 3. The fourth-order valence-electron chi connectivity index (χ4n) is 3.56. The largest absolute Gasteiger partial charge is 1.00 e. The Hall–Kier alpha value is -2.18. The smallest absolute Gasteiger partial charge is 0.748 e. The number of hydrogen-bond acceptors (Lipinski definition) is 7. The molecule has 0 bridgehead atoms. The van der Waals surface area contributed by atoms with Crippen LogP contribution in [0.3, 0.4) is 0 Å². The number of hydrogen-bond donors (Lipinski definition) is 1. The van der Waals surface area contributed by atoms with Gasteiger partial charge in [0.25, 0.3) is 5.91 Å². The molecule has 188 valence electrons. The van der Waals surface area contributed by atoms with Gasteiger partial charge < -0.3 is 14.8 Å². The third-order valence-electron chi connectivity index (χ3n) is 5.41. The summed E-state index contributed by atoms with van der Waals surface area (Å²) in [5.41, 5.74) is 1.99. The third kappa shape index (κ3) is 10.2. The molecule has 0 aliphatic rings. The van der Waals surface area contributed by atoms with E-state index in [9.17, 15) is 22.6 Å². The summed E-state index contributed by atoms with van der Waals surface area (Å²) in [6, 6.07) is 24.4. The minimum absolute atomic E-state index is 0. The fraction of sp³-hybridized carbons (Fsp3) is 0.222. The Bertz CT molecular complexity index is 1300. The van der Waals surface area contributed by atoms with Crippen molar-refractivity contribution >= 4 is 44.6 Å². The van der Waals surface area contributed by atoms with Gasteiger partial charge in [-0.1, -0.05) is 48.5 Å². The van der Waals surface area contributed by atoms with Crippen LogP contribution in [0.2, 0.25) is 0 Å². The van der Waals surface area contributed by atoms with Crippen molar-refractivity contribution in [2.45, 2.75) is 19.8 Å². The van der Waals surface area contributed by atoms with Gasteiger partial charge in [0.05, 0.1) is 15.8 Å². The second-order valence-electron chi connectivity index (χ2n) is 8.04. The zero-order chi connectivity index (χ0) is 26.0. The van der Waals surface area contributed by atoms with Gasteiger partial charge in [0.1, 0.15) is 0 Å². The molecule has 0 spiro atoms. The molecule has 37 heavy (non-hydrogen) atoms. The van der Waals surface area contributed by atoms with Gasteiger partial charge in [-0.15, -0.1) is 0 Å². The molecule has 0 aliphatic heterocycles. The molecule has 3 aromatic rings. The van der Waals surface area contributed by atoms with Gasteiger partial charge in [0.15, 0.2) is 5.71 Å². The van der Waals surface area contributed by atoms with Gasteiger partial charge >= 0.3 is 51.4 Å². The van der Waals surface area contributed by atoms with Crippen LogP contribution in [-0.2, 0) is 14.9 Å². The van der Waals surface area contributed by atoms with Crippen molar-refractivity contribution < 1.29 is 73.9 Å². The fourth-order valence-corrected chi connectivity index (χ4v) is 4.12. The summed E-state index contributed by atoms with van der Waals surface area (Å²) in [6.45, 7) is 3.25. The molecule has 0 unspecified atom stereocenters. The topological polar surface area (TPSA) is 119 Å². The maximum atomic E-state index is 13.2. The molecule has 0 saturated heterocycles. The Morgan fingerprint density at radius 1 is 0.892 bits per heavy atom. The first-order valence-corrected chi connectivity index (χ1v) is 13.2. The average molecular weight is 546 g/mol. The molecular formula is C27H28KN3O5S. The van der Waals surface area contributed by atoms with E-state index in [0.717, 1.165) is 5.69 Å². The minimum atomic E-state index is -4.21. The van der Waals surface area contributed by atoms with Crippen molar-refractivity contribution in [3.8, 4) is 0 Å². The summed E-state index contributed by atoms with van der Waals surface area (Å²) in [5, 5.41) is 2.73. The van der Waals surface area contributed by atoms with Crippen molar-refractivity contribution in [2.24, 2.45) is 4.99 Å². The van der Waals surface area contributed by atoms with E-state index in [1.165, 1.54) is 0 Å². The summed E-state index contributed by atoms with van der Waals surface area (Å²) in [4.78, 5) is 32.6. The van der Waals surface area contributed by atoms with Gasteiger partial charge in [0, 0.05) is 35.8 Å². The maximum absolute atomic E-state index is 13.2. The molecule has 1 N–H and O–H groups in total. The van der Waals surface area contributed by atoms with Crippen LogP contribution in [0.25, 0.3) is 0 Å². The number of amides is 1. The summed E-state index contributed by atoms with van der Waals surface area (Å²) >= 11 is 0. The Labute approximate surface area is 260 Å². The summed E-state index contributed by atoms with van der Waals surface area (Å²) < 4.78 is 32.4. The molecule has 3 rings (SSSR count). The zero-order valence-electron chi connectivity index (χ0n) is 21.0. The summed E-state index contributed by atoms with van der Waals surface area (Å²) in [5.74, 6) is -1.47. The van der Waals surface area contributed by atoms with Gasteiger partial charge in [0.2, 0.25) is 5.78 Å². The van der Waals surface area contributed by atoms with Gasteiger partial charge in [-0.2, -0.15) is 0 Å². The van der Waals surface area contributed by atoms with E-state index in [1.807, 2.05) is 30.0 Å². The number of Topliss-reactive ketones (excluding diaryl/α,β-unsaturated/α-hetero) is 1. The SMILES string of the molecule is CCN(CCCCS(=O)(=O)[O-])c1ccc(N=C(C(=O)Nc2ccccc2)C(=O)c2ccccc2)cc1.[K+]. The molecule has 1 amide bonds. The van der Waals surface area contributed by atoms with Crippen molar-refractivity contribution in [3.05, 3.63) is 90.5 Å². The van der Waals surface area contributed by atoms with Crippen LogP contribution in [0.1, 0.15) is 30.1 Å². The normalized spacial score (nSPS) is 11.4. The van der Waals surface area contributed by atoms with E-state index in [4.69, 9.17) is 0 Å². The average Bonchev–Trinajstić information content (AvgIpc) is 2.88. The summed E-state index contributed by atoms with van der Waals surface area (Å²) in [6.07, 6.45) is 0.858. The number of unbranched alkanes of at least 4 members (excludes halogenated alkanes) is 1. The molecule has 0 fully saturated rings. The van der Waals surface area contributed by atoms with E-state index < -0.39 is 21.8 Å². The number of rotatable bonds is 12. The van der Waals surface area contributed by atoms with E-state index in [1.54, 1.807) is 66.7 Å². The second-order valence-corrected chi connectivity index (χ2v) is 9.56. The van der Waals surface area contributed by atoms with Crippen molar-refractivity contribution in [2.75, 3.05) is 29.1 Å². The van der Waals surface area contributed by atoms with Crippen LogP contribution in [0, 0.1) is 0 Å². The Kier molecular flexibility index (Phi) is 12.8. The van der Waals surface area contributed by atoms with E-state index in [0.29, 0.717) is 42.9 Å². The Balaban J connectivity index is 0.00000481. The second kappa shape index (κ2) is 15.3. The van der Waals surface area contributed by atoms with Crippen LogP contribution >= 0.6 is 0 Å². The van der Waals surface area contributed by atoms with E-state index in [2.05, 4.69) is 10.3 Å². The quantitative estimate of drug-likeness (QED) is 0.0919. The number of carbonyl (C=O) groups excluding carboxylic acids is 2. The molecule has 0 aliphatic carbocycles. The van der Waals surface area contributed by atoms with Crippen LogP contribution in [-0.4, -0.2) is 49.2 Å². The van der Waals surface area contributed by atoms with Crippen LogP contribution in [0.15, 0.2) is 89.9 Å². The number of carbonyl (C=O) groups is 2. The van der Waals surface area contributed by atoms with Crippen molar-refractivity contribution in [1.82, 2.24) is 0 Å². The number of para-hydroxylation sites is 1. The number of aliphatic imine (C=N–C) groups is 1. The molecule has 0 saturated carbocycles. The number of anilines is 2.